The number of benzene rings is 1. The van der Waals surface area contributed by atoms with Crippen molar-refractivity contribution in [2.75, 3.05) is 4.90 Å². The fraction of sp³-hybridized carbons (Fsp3) is 0.286. The topological polar surface area (TPSA) is 130 Å². The number of nitro benzene ring substituents is 2. The molecule has 0 spiro atoms. The highest BCUT2D eigenvalue weighted by Gasteiger charge is 2.48. The highest BCUT2D eigenvalue weighted by Crippen LogP contribution is 2.42. The van der Waals surface area contributed by atoms with Gasteiger partial charge in [0.05, 0.1) is 33.9 Å². The van der Waals surface area contributed by atoms with E-state index in [4.69, 9.17) is 0 Å². The van der Waals surface area contributed by atoms with Gasteiger partial charge < -0.3 is 4.90 Å². The lowest BCUT2D eigenvalue weighted by Crippen LogP contribution is -2.44. The van der Waals surface area contributed by atoms with Crippen LogP contribution in [0.3, 0.4) is 0 Å². The molecule has 0 amide bonds. The maximum absolute atomic E-state index is 12.1. The normalized spacial score (nSPS) is 25.3. The summed E-state index contributed by atoms with van der Waals surface area (Å²) < 4.78 is 0. The molecule has 1 aromatic carbocycles. The van der Waals surface area contributed by atoms with Gasteiger partial charge in [-0.2, -0.15) is 5.26 Å². The molecule has 0 aromatic heterocycles. The van der Waals surface area contributed by atoms with Gasteiger partial charge in [-0.15, -0.1) is 0 Å². The number of ketones is 1. The predicted octanol–water partition coefficient (Wildman–Crippen LogP) is 1.73. The number of hydrogen-bond donors (Lipinski definition) is 0. The van der Waals surface area contributed by atoms with Crippen LogP contribution >= 0.6 is 0 Å². The number of anilines is 1. The second-order valence-corrected chi connectivity index (χ2v) is 5.34. The van der Waals surface area contributed by atoms with E-state index in [1.165, 1.54) is 17.0 Å². The van der Waals surface area contributed by atoms with Crippen LogP contribution < -0.4 is 4.90 Å². The summed E-state index contributed by atoms with van der Waals surface area (Å²) in [4.78, 5) is 34.3. The third-order valence-electron chi connectivity index (χ3n) is 4.12. The van der Waals surface area contributed by atoms with Gasteiger partial charge in [0.2, 0.25) is 0 Å². The Morgan fingerprint density at radius 3 is 2.61 bits per heavy atom. The summed E-state index contributed by atoms with van der Waals surface area (Å²) in [5, 5.41) is 31.3. The maximum Gasteiger partial charge on any atom is 0.299 e. The van der Waals surface area contributed by atoms with Crippen molar-refractivity contribution in [3.63, 3.8) is 0 Å². The Labute approximate surface area is 129 Å². The summed E-state index contributed by atoms with van der Waals surface area (Å²) in [6.45, 7) is 0. The lowest BCUT2D eigenvalue weighted by atomic mass is 9.98. The number of rotatable bonds is 3. The number of carbonyl (C=O) groups is 1. The molecule has 116 valence electrons. The van der Waals surface area contributed by atoms with Crippen LogP contribution in [0.5, 0.6) is 0 Å². The highest BCUT2D eigenvalue weighted by atomic mass is 16.6. The molecule has 9 nitrogen and oxygen atoms in total. The maximum atomic E-state index is 12.1. The fourth-order valence-electron chi connectivity index (χ4n) is 3.16. The van der Waals surface area contributed by atoms with Crippen LogP contribution in [0.4, 0.5) is 17.1 Å². The lowest BCUT2D eigenvalue weighted by Gasteiger charge is -2.32. The van der Waals surface area contributed by atoms with E-state index in [0.29, 0.717) is 6.42 Å². The van der Waals surface area contributed by atoms with Gasteiger partial charge in [-0.05, 0) is 18.6 Å². The first-order chi connectivity index (χ1) is 10.9. The molecule has 3 atom stereocenters. The molecule has 2 bridgehead atoms. The standard InChI is InChI=1S/C14H10N4O5/c15-7-8-5-9-2-4-13(19)14(8)16(9)11-3-1-10(17(20)21)6-12(11)18(22)23/h1-4,6,8-9,14H,5H2. The van der Waals surface area contributed by atoms with Crippen molar-refractivity contribution in [3.8, 4) is 6.07 Å². The van der Waals surface area contributed by atoms with Gasteiger partial charge in [-0.3, -0.25) is 25.0 Å². The van der Waals surface area contributed by atoms with Gasteiger partial charge in [0.15, 0.2) is 5.78 Å². The van der Waals surface area contributed by atoms with Crippen molar-refractivity contribution in [2.24, 2.45) is 5.92 Å². The molecule has 2 aliphatic rings. The Morgan fingerprint density at radius 2 is 2.00 bits per heavy atom. The molecule has 1 saturated heterocycles. The van der Waals surface area contributed by atoms with Crippen LogP contribution in [0, 0.1) is 37.5 Å². The van der Waals surface area contributed by atoms with Crippen molar-refractivity contribution < 1.29 is 14.6 Å². The molecular formula is C14H10N4O5. The van der Waals surface area contributed by atoms with Gasteiger partial charge in [0, 0.05) is 6.07 Å². The first-order valence-corrected chi connectivity index (χ1v) is 6.77. The van der Waals surface area contributed by atoms with E-state index in [1.54, 1.807) is 6.08 Å². The number of carbonyl (C=O) groups excluding carboxylic acids is 1. The second-order valence-electron chi connectivity index (χ2n) is 5.34. The van der Waals surface area contributed by atoms with E-state index in [1.807, 2.05) is 0 Å². The third-order valence-corrected chi connectivity index (χ3v) is 4.12. The summed E-state index contributed by atoms with van der Waals surface area (Å²) in [7, 11) is 0. The van der Waals surface area contributed by atoms with E-state index in [-0.39, 0.29) is 17.5 Å². The number of nitro groups is 2. The van der Waals surface area contributed by atoms with Gasteiger partial charge >= 0.3 is 0 Å². The highest BCUT2D eigenvalue weighted by molar-refractivity contribution is 6.00. The summed E-state index contributed by atoms with van der Waals surface area (Å²) in [6.07, 6.45) is 3.39. The number of nitriles is 1. The predicted molar refractivity (Wildman–Crippen MR) is 77.7 cm³/mol. The molecule has 3 rings (SSSR count). The third kappa shape index (κ3) is 2.20. The Balaban J connectivity index is 2.14. The monoisotopic (exact) mass is 314 g/mol. The smallest absolute Gasteiger partial charge is 0.299 e. The zero-order chi connectivity index (χ0) is 16.7. The quantitative estimate of drug-likeness (QED) is 0.613. The molecule has 0 aliphatic carbocycles. The second kappa shape index (κ2) is 5.17. The first kappa shape index (κ1) is 14.6. The minimum atomic E-state index is -0.796. The molecule has 0 N–H and O–H groups in total. The van der Waals surface area contributed by atoms with Gasteiger partial charge in [-0.1, -0.05) is 6.08 Å². The lowest BCUT2D eigenvalue weighted by molar-refractivity contribution is -0.393. The molecule has 1 fully saturated rings. The molecule has 0 radical (unpaired) electrons. The summed E-state index contributed by atoms with van der Waals surface area (Å²) in [6, 6.07) is 4.25. The summed E-state index contributed by atoms with van der Waals surface area (Å²) in [5.74, 6) is -0.866. The molecule has 2 heterocycles. The number of nitrogens with zero attached hydrogens (tertiary/aromatic N) is 4. The Kier molecular flexibility index (Phi) is 3.29. The van der Waals surface area contributed by atoms with Crippen molar-refractivity contribution in [3.05, 3.63) is 50.6 Å². The number of fused-ring (bicyclic) bond motifs is 2. The Bertz CT molecular complexity index is 797. The molecule has 2 aliphatic heterocycles. The minimum absolute atomic E-state index is 0.117. The van der Waals surface area contributed by atoms with E-state index < -0.39 is 33.2 Å². The zero-order valence-corrected chi connectivity index (χ0v) is 11.7. The molecular weight excluding hydrogens is 304 g/mol. The van der Waals surface area contributed by atoms with Crippen molar-refractivity contribution in [2.45, 2.75) is 18.5 Å². The van der Waals surface area contributed by atoms with E-state index in [0.717, 1.165) is 12.1 Å². The summed E-state index contributed by atoms with van der Waals surface area (Å²) >= 11 is 0. The SMILES string of the molecule is N#CC1CC2C=CC(=O)C1N2c1ccc([N+](=O)[O-])cc1[N+](=O)[O-]. The van der Waals surface area contributed by atoms with Crippen molar-refractivity contribution in [1.82, 2.24) is 0 Å². The minimum Gasteiger partial charge on any atom is -0.348 e. The fourth-order valence-corrected chi connectivity index (χ4v) is 3.16. The number of hydrogen-bond acceptors (Lipinski definition) is 7. The van der Waals surface area contributed by atoms with E-state index in [9.17, 15) is 30.3 Å². The van der Waals surface area contributed by atoms with Crippen molar-refractivity contribution >= 4 is 22.8 Å². The van der Waals surface area contributed by atoms with E-state index >= 15 is 0 Å². The van der Waals surface area contributed by atoms with Crippen LogP contribution in [0.15, 0.2) is 30.4 Å². The van der Waals surface area contributed by atoms with Crippen LogP contribution in [0.1, 0.15) is 6.42 Å². The van der Waals surface area contributed by atoms with Crippen LogP contribution in [0.2, 0.25) is 0 Å². The molecule has 0 saturated carbocycles. The molecule has 23 heavy (non-hydrogen) atoms. The average molecular weight is 314 g/mol. The van der Waals surface area contributed by atoms with Crippen LogP contribution in [-0.4, -0.2) is 27.7 Å². The molecule has 1 aromatic rings. The average Bonchev–Trinajstić information content (AvgIpc) is 2.81. The molecule has 3 unspecified atom stereocenters. The van der Waals surface area contributed by atoms with Gasteiger partial charge in [0.1, 0.15) is 11.7 Å². The van der Waals surface area contributed by atoms with Gasteiger partial charge in [0.25, 0.3) is 11.4 Å². The zero-order valence-electron chi connectivity index (χ0n) is 11.7. The largest absolute Gasteiger partial charge is 0.348 e. The summed E-state index contributed by atoms with van der Waals surface area (Å²) in [5.41, 5.74) is -0.731. The van der Waals surface area contributed by atoms with Crippen LogP contribution in [-0.2, 0) is 4.79 Å². The number of non-ortho nitro benzene ring substituents is 1. The first-order valence-electron chi connectivity index (χ1n) is 6.77. The van der Waals surface area contributed by atoms with Gasteiger partial charge in [-0.25, -0.2) is 0 Å². The Hall–Kier alpha value is -3.28. The Morgan fingerprint density at radius 1 is 1.26 bits per heavy atom. The van der Waals surface area contributed by atoms with E-state index in [2.05, 4.69) is 6.07 Å². The van der Waals surface area contributed by atoms with Crippen LogP contribution in [0.25, 0.3) is 0 Å². The molecule has 9 heteroatoms. The van der Waals surface area contributed by atoms with Crippen molar-refractivity contribution in [1.29, 1.82) is 5.26 Å².